The van der Waals surface area contributed by atoms with E-state index in [-0.39, 0.29) is 5.91 Å². The maximum Gasteiger partial charge on any atom is 0.269 e. The third kappa shape index (κ3) is 3.17. The highest BCUT2D eigenvalue weighted by atomic mass is 16.1. The summed E-state index contributed by atoms with van der Waals surface area (Å²) in [7, 11) is 0. The number of carbonyl (C=O) groups is 1. The average Bonchev–Trinajstić information content (AvgIpc) is 2.46. The summed E-state index contributed by atoms with van der Waals surface area (Å²) in [6, 6.07) is 5.16. The van der Waals surface area contributed by atoms with E-state index in [1.54, 1.807) is 12.1 Å². The Balaban J connectivity index is 1.87. The first-order valence-corrected chi connectivity index (χ1v) is 6.09. The molecule has 0 bridgehead atoms. The van der Waals surface area contributed by atoms with Crippen molar-refractivity contribution in [3.8, 4) is 6.07 Å². The quantitative estimate of drug-likeness (QED) is 0.823. The lowest BCUT2D eigenvalue weighted by atomic mass is 9.94. The number of hydrogen-bond acceptors (Lipinski definition) is 3. The van der Waals surface area contributed by atoms with Gasteiger partial charge in [0.05, 0.1) is 5.56 Å². The van der Waals surface area contributed by atoms with Gasteiger partial charge >= 0.3 is 0 Å². The maximum atomic E-state index is 11.8. The molecule has 0 aromatic carbocycles. The molecular weight excluding hydrogens is 226 g/mol. The van der Waals surface area contributed by atoms with Crippen molar-refractivity contribution in [1.82, 2.24) is 10.3 Å². The molecule has 4 nitrogen and oxygen atoms in total. The van der Waals surface area contributed by atoms with Gasteiger partial charge in [-0.2, -0.15) is 5.26 Å². The number of hydrogen-bond donors (Lipinski definition) is 1. The lowest BCUT2D eigenvalue weighted by Gasteiger charge is -2.17. The number of rotatable bonds is 3. The van der Waals surface area contributed by atoms with Crippen LogP contribution in [0.1, 0.15) is 35.3 Å². The van der Waals surface area contributed by atoms with Crippen LogP contribution < -0.4 is 5.32 Å². The Morgan fingerprint density at radius 3 is 3.00 bits per heavy atom. The van der Waals surface area contributed by atoms with Crippen LogP contribution in [0.25, 0.3) is 0 Å². The van der Waals surface area contributed by atoms with Gasteiger partial charge in [0, 0.05) is 12.7 Å². The molecule has 0 radical (unpaired) electrons. The zero-order valence-corrected chi connectivity index (χ0v) is 10.1. The van der Waals surface area contributed by atoms with Crippen molar-refractivity contribution in [3.05, 3.63) is 41.7 Å². The second-order valence-corrected chi connectivity index (χ2v) is 4.40. The van der Waals surface area contributed by atoms with Crippen LogP contribution in [0.15, 0.2) is 30.5 Å². The van der Waals surface area contributed by atoms with E-state index in [0.717, 1.165) is 19.3 Å². The smallest absolute Gasteiger partial charge is 0.269 e. The number of aromatic nitrogens is 1. The van der Waals surface area contributed by atoms with E-state index in [4.69, 9.17) is 5.26 Å². The molecule has 1 amide bonds. The van der Waals surface area contributed by atoms with Crippen molar-refractivity contribution in [3.63, 3.8) is 0 Å². The van der Waals surface area contributed by atoms with Crippen molar-refractivity contribution < 1.29 is 4.79 Å². The molecule has 92 valence electrons. The highest BCUT2D eigenvalue weighted by molar-refractivity contribution is 5.92. The Kier molecular flexibility index (Phi) is 4.08. The predicted molar refractivity (Wildman–Crippen MR) is 67.8 cm³/mol. The van der Waals surface area contributed by atoms with Crippen molar-refractivity contribution in [2.45, 2.75) is 19.3 Å². The second kappa shape index (κ2) is 5.97. The van der Waals surface area contributed by atoms with Crippen molar-refractivity contribution in [2.75, 3.05) is 6.54 Å². The zero-order chi connectivity index (χ0) is 12.8. The minimum absolute atomic E-state index is 0.172. The Labute approximate surface area is 106 Å². The lowest BCUT2D eigenvalue weighted by molar-refractivity contribution is 0.0941. The van der Waals surface area contributed by atoms with Crippen LogP contribution in [-0.2, 0) is 0 Å². The van der Waals surface area contributed by atoms with Crippen LogP contribution in [0.2, 0.25) is 0 Å². The first kappa shape index (κ1) is 12.3. The summed E-state index contributed by atoms with van der Waals surface area (Å²) in [5, 5.41) is 11.5. The molecule has 1 N–H and O–H groups in total. The average molecular weight is 241 g/mol. The molecule has 1 atom stereocenters. The molecule has 0 aliphatic heterocycles. The summed E-state index contributed by atoms with van der Waals surface area (Å²) in [5.74, 6) is 0.353. The SMILES string of the molecule is N#Cc1ccc(C(=O)NCC2CC=CCC2)nc1. The van der Waals surface area contributed by atoms with Crippen molar-refractivity contribution >= 4 is 5.91 Å². The largest absolute Gasteiger partial charge is 0.350 e. The summed E-state index contributed by atoms with van der Waals surface area (Å²) in [6.07, 6.45) is 9.01. The van der Waals surface area contributed by atoms with Gasteiger partial charge in [0.2, 0.25) is 0 Å². The fraction of sp³-hybridized carbons (Fsp3) is 0.357. The van der Waals surface area contributed by atoms with Gasteiger partial charge in [0.15, 0.2) is 0 Å². The van der Waals surface area contributed by atoms with Gasteiger partial charge in [-0.15, -0.1) is 0 Å². The monoisotopic (exact) mass is 241 g/mol. The third-order valence-corrected chi connectivity index (χ3v) is 3.05. The molecule has 0 fully saturated rings. The number of nitriles is 1. The second-order valence-electron chi connectivity index (χ2n) is 4.40. The fourth-order valence-electron chi connectivity index (χ4n) is 1.96. The number of nitrogens with one attached hydrogen (secondary N) is 1. The van der Waals surface area contributed by atoms with E-state index in [0.29, 0.717) is 23.7 Å². The van der Waals surface area contributed by atoms with E-state index in [1.165, 1.54) is 6.20 Å². The minimum atomic E-state index is -0.172. The van der Waals surface area contributed by atoms with E-state index in [9.17, 15) is 4.79 Å². The first-order chi connectivity index (χ1) is 8.79. The normalized spacial score (nSPS) is 18.1. The van der Waals surface area contributed by atoms with Crippen molar-refractivity contribution in [1.29, 1.82) is 5.26 Å². The van der Waals surface area contributed by atoms with Gasteiger partial charge in [-0.1, -0.05) is 12.2 Å². The molecule has 0 spiro atoms. The molecular formula is C14H15N3O. The standard InChI is InChI=1S/C14H15N3O/c15-8-12-6-7-13(16-10-12)14(18)17-9-11-4-2-1-3-5-11/h1-2,6-7,10-11H,3-5,9H2,(H,17,18). The van der Waals surface area contributed by atoms with Crippen LogP contribution in [0.4, 0.5) is 0 Å². The first-order valence-electron chi connectivity index (χ1n) is 6.09. The molecule has 1 heterocycles. The molecule has 1 aliphatic rings. The highest BCUT2D eigenvalue weighted by Crippen LogP contribution is 2.16. The van der Waals surface area contributed by atoms with Crippen LogP contribution in [0.5, 0.6) is 0 Å². The minimum Gasteiger partial charge on any atom is -0.350 e. The molecule has 2 rings (SSSR count). The molecule has 1 aromatic heterocycles. The number of pyridine rings is 1. The van der Waals surface area contributed by atoms with E-state index in [2.05, 4.69) is 22.5 Å². The summed E-state index contributed by atoms with van der Waals surface area (Å²) >= 11 is 0. The number of amides is 1. The Morgan fingerprint density at radius 1 is 1.50 bits per heavy atom. The van der Waals surface area contributed by atoms with Gasteiger partial charge in [0.1, 0.15) is 11.8 Å². The highest BCUT2D eigenvalue weighted by Gasteiger charge is 2.12. The van der Waals surface area contributed by atoms with Gasteiger partial charge in [-0.25, -0.2) is 4.98 Å². The number of nitrogens with zero attached hydrogens (tertiary/aromatic N) is 2. The number of carbonyl (C=O) groups excluding carboxylic acids is 1. The van der Waals surface area contributed by atoms with Gasteiger partial charge in [-0.05, 0) is 37.3 Å². The molecule has 1 unspecified atom stereocenters. The van der Waals surface area contributed by atoms with Crippen molar-refractivity contribution in [2.24, 2.45) is 5.92 Å². The maximum absolute atomic E-state index is 11.8. The predicted octanol–water partition coefficient (Wildman–Crippen LogP) is 2.04. The van der Waals surface area contributed by atoms with Gasteiger partial charge < -0.3 is 5.32 Å². The van der Waals surface area contributed by atoms with Crippen LogP contribution >= 0.6 is 0 Å². The zero-order valence-electron chi connectivity index (χ0n) is 10.1. The molecule has 18 heavy (non-hydrogen) atoms. The van der Waals surface area contributed by atoms with E-state index >= 15 is 0 Å². The molecule has 1 aliphatic carbocycles. The lowest BCUT2D eigenvalue weighted by Crippen LogP contribution is -2.30. The van der Waals surface area contributed by atoms with Crippen LogP contribution in [0, 0.1) is 17.2 Å². The molecule has 4 heteroatoms. The third-order valence-electron chi connectivity index (χ3n) is 3.05. The summed E-state index contributed by atoms with van der Waals surface area (Å²) in [4.78, 5) is 15.8. The topological polar surface area (TPSA) is 65.8 Å². The Morgan fingerprint density at radius 2 is 2.39 bits per heavy atom. The van der Waals surface area contributed by atoms with Gasteiger partial charge in [0.25, 0.3) is 5.91 Å². The molecule has 1 aromatic rings. The Hall–Kier alpha value is -2.15. The van der Waals surface area contributed by atoms with Crippen LogP contribution in [0.3, 0.4) is 0 Å². The van der Waals surface area contributed by atoms with Gasteiger partial charge in [-0.3, -0.25) is 4.79 Å². The summed E-state index contributed by atoms with van der Waals surface area (Å²) < 4.78 is 0. The van der Waals surface area contributed by atoms with E-state index in [1.807, 2.05) is 6.07 Å². The summed E-state index contributed by atoms with van der Waals surface area (Å²) in [5.41, 5.74) is 0.823. The fourth-order valence-corrected chi connectivity index (χ4v) is 1.96. The summed E-state index contributed by atoms with van der Waals surface area (Å²) in [6.45, 7) is 0.685. The number of allylic oxidation sites excluding steroid dienone is 2. The molecule has 0 saturated carbocycles. The Bertz CT molecular complexity index is 485. The molecule has 0 saturated heterocycles. The van der Waals surface area contributed by atoms with E-state index < -0.39 is 0 Å². The van der Waals surface area contributed by atoms with Crippen LogP contribution in [-0.4, -0.2) is 17.4 Å².